The number of benzene rings is 1. The Kier molecular flexibility index (Phi) is 7.63. The molecule has 2 aromatic rings. The van der Waals surface area contributed by atoms with E-state index in [2.05, 4.69) is 10.2 Å². The Balaban J connectivity index is 2.13. The number of nitrogens with zero attached hydrogens (tertiary/aromatic N) is 3. The minimum absolute atomic E-state index is 0.185. The Morgan fingerprint density at radius 3 is 2.62 bits per heavy atom. The van der Waals surface area contributed by atoms with Crippen molar-refractivity contribution in [2.24, 2.45) is 0 Å². The molecule has 0 spiro atoms. The van der Waals surface area contributed by atoms with Crippen LogP contribution in [0.3, 0.4) is 0 Å². The molecule has 0 saturated heterocycles. The van der Waals surface area contributed by atoms with Gasteiger partial charge in [0.05, 0.1) is 17.6 Å². The van der Waals surface area contributed by atoms with Crippen molar-refractivity contribution in [1.29, 1.82) is 0 Å². The van der Waals surface area contributed by atoms with Crippen molar-refractivity contribution in [3.05, 3.63) is 24.3 Å². The number of aromatic nitrogens is 2. The Bertz CT molecular complexity index is 802. The van der Waals surface area contributed by atoms with Crippen molar-refractivity contribution in [2.75, 3.05) is 25.4 Å². The third-order valence-electron chi connectivity index (χ3n) is 3.59. The average Bonchev–Trinajstić information content (AvgIpc) is 3.08. The van der Waals surface area contributed by atoms with E-state index in [0.29, 0.717) is 42.1 Å². The second-order valence-corrected chi connectivity index (χ2v) is 8.74. The normalized spacial score (nSPS) is 12.2. The second kappa shape index (κ2) is 9.50. The highest BCUT2D eigenvalue weighted by atomic mass is 32.2. The molecule has 2 rings (SSSR count). The van der Waals surface area contributed by atoms with Gasteiger partial charge in [0.1, 0.15) is 0 Å². The third kappa shape index (κ3) is 5.29. The van der Waals surface area contributed by atoms with Crippen molar-refractivity contribution < 1.29 is 17.6 Å². The lowest BCUT2D eigenvalue weighted by atomic mass is 10.2. The number of hydrogen-bond acceptors (Lipinski definition) is 7. The minimum atomic E-state index is -3.53. The predicted molar refractivity (Wildman–Crippen MR) is 102 cm³/mol. The van der Waals surface area contributed by atoms with E-state index in [-0.39, 0.29) is 11.0 Å². The van der Waals surface area contributed by atoms with Crippen LogP contribution in [-0.2, 0) is 14.8 Å². The minimum Gasteiger partial charge on any atom is -0.411 e. The summed E-state index contributed by atoms with van der Waals surface area (Å²) in [5, 5.41) is 8.46. The summed E-state index contributed by atoms with van der Waals surface area (Å²) in [5.41, 5.74) is 0.580. The zero-order chi connectivity index (χ0) is 19.2. The Labute approximate surface area is 159 Å². The van der Waals surface area contributed by atoms with Crippen molar-refractivity contribution in [3.63, 3.8) is 0 Å². The highest BCUT2D eigenvalue weighted by Crippen LogP contribution is 2.26. The van der Waals surface area contributed by atoms with E-state index in [0.717, 1.165) is 0 Å². The van der Waals surface area contributed by atoms with Crippen LogP contribution in [-0.4, -0.2) is 54.5 Å². The molecule has 1 heterocycles. The van der Waals surface area contributed by atoms with Crippen LogP contribution in [0, 0.1) is 0 Å². The molecule has 1 aromatic heterocycles. The predicted octanol–water partition coefficient (Wildman–Crippen LogP) is 3.28. The van der Waals surface area contributed by atoms with Crippen LogP contribution < -0.4 is 0 Å². The van der Waals surface area contributed by atoms with E-state index in [4.69, 9.17) is 9.15 Å². The van der Waals surface area contributed by atoms with Crippen molar-refractivity contribution in [3.8, 4) is 11.5 Å². The summed E-state index contributed by atoms with van der Waals surface area (Å²) in [4.78, 5) is 0.219. The number of rotatable bonds is 10. The van der Waals surface area contributed by atoms with Gasteiger partial charge in [0.25, 0.3) is 5.22 Å². The summed E-state index contributed by atoms with van der Waals surface area (Å²) in [5.74, 6) is 1.00. The standard InChI is InChI=1S/C17H25N3O4S2/c1-5-20(6-2)26(21,22)15-9-7-8-14(12-15)16-18-19-17(24-16)25-11-10-23-13(3)4/h7-9,12-13H,5-6,10-11H2,1-4H3. The van der Waals surface area contributed by atoms with E-state index in [9.17, 15) is 8.42 Å². The molecule has 0 saturated carbocycles. The number of sulfonamides is 1. The fourth-order valence-corrected chi connectivity index (χ4v) is 4.39. The van der Waals surface area contributed by atoms with Gasteiger partial charge in [-0.15, -0.1) is 10.2 Å². The molecule has 0 amide bonds. The summed E-state index contributed by atoms with van der Waals surface area (Å²) in [7, 11) is -3.53. The molecule has 0 unspecified atom stereocenters. The first-order valence-corrected chi connectivity index (χ1v) is 11.0. The van der Waals surface area contributed by atoms with Crippen LogP contribution in [0.2, 0.25) is 0 Å². The maximum absolute atomic E-state index is 12.7. The van der Waals surface area contributed by atoms with Gasteiger partial charge >= 0.3 is 0 Å². The molecule has 0 aliphatic rings. The first-order valence-electron chi connectivity index (χ1n) is 8.57. The lowest BCUT2D eigenvalue weighted by Crippen LogP contribution is -2.30. The van der Waals surface area contributed by atoms with Crippen LogP contribution in [0.5, 0.6) is 0 Å². The average molecular weight is 400 g/mol. The molecular weight excluding hydrogens is 374 g/mol. The Morgan fingerprint density at radius 1 is 1.23 bits per heavy atom. The molecule has 144 valence electrons. The van der Waals surface area contributed by atoms with Crippen LogP contribution in [0.25, 0.3) is 11.5 Å². The zero-order valence-corrected chi connectivity index (χ0v) is 17.1. The van der Waals surface area contributed by atoms with Gasteiger partial charge in [0.2, 0.25) is 15.9 Å². The van der Waals surface area contributed by atoms with E-state index < -0.39 is 10.0 Å². The topological polar surface area (TPSA) is 85.5 Å². The van der Waals surface area contributed by atoms with E-state index in [1.54, 1.807) is 24.3 Å². The molecule has 0 atom stereocenters. The first-order chi connectivity index (χ1) is 12.4. The summed E-state index contributed by atoms with van der Waals surface area (Å²) in [6.45, 7) is 9.03. The number of thioether (sulfide) groups is 1. The fraction of sp³-hybridized carbons (Fsp3) is 0.529. The maximum atomic E-state index is 12.7. The Hall–Kier alpha value is -1.42. The largest absolute Gasteiger partial charge is 0.411 e. The van der Waals surface area contributed by atoms with Gasteiger partial charge in [0.15, 0.2) is 0 Å². The van der Waals surface area contributed by atoms with Gasteiger partial charge in [-0.05, 0) is 32.0 Å². The van der Waals surface area contributed by atoms with Crippen molar-refractivity contribution in [1.82, 2.24) is 14.5 Å². The van der Waals surface area contributed by atoms with Gasteiger partial charge in [-0.25, -0.2) is 8.42 Å². The maximum Gasteiger partial charge on any atom is 0.276 e. The smallest absolute Gasteiger partial charge is 0.276 e. The fourth-order valence-electron chi connectivity index (χ4n) is 2.30. The Morgan fingerprint density at radius 2 is 1.96 bits per heavy atom. The molecule has 7 nitrogen and oxygen atoms in total. The molecule has 0 aliphatic heterocycles. The molecular formula is C17H25N3O4S2. The number of hydrogen-bond donors (Lipinski definition) is 0. The second-order valence-electron chi connectivity index (χ2n) is 5.76. The van der Waals surface area contributed by atoms with Gasteiger partial charge < -0.3 is 9.15 Å². The summed E-state index contributed by atoms with van der Waals surface area (Å²) in [6.07, 6.45) is 0.185. The van der Waals surface area contributed by atoms with E-state index in [1.807, 2.05) is 27.7 Å². The SMILES string of the molecule is CCN(CC)S(=O)(=O)c1cccc(-c2nnc(SCCOC(C)C)o2)c1. The van der Waals surface area contributed by atoms with Gasteiger partial charge in [-0.3, -0.25) is 0 Å². The van der Waals surface area contributed by atoms with Crippen LogP contribution in [0.1, 0.15) is 27.7 Å². The summed E-state index contributed by atoms with van der Waals surface area (Å²) >= 11 is 1.41. The molecule has 0 aliphatic carbocycles. The molecule has 0 fully saturated rings. The summed E-state index contributed by atoms with van der Waals surface area (Å²) in [6, 6.07) is 6.58. The zero-order valence-electron chi connectivity index (χ0n) is 15.5. The van der Waals surface area contributed by atoms with Crippen LogP contribution in [0.4, 0.5) is 0 Å². The van der Waals surface area contributed by atoms with Gasteiger partial charge in [0, 0.05) is 24.4 Å². The van der Waals surface area contributed by atoms with E-state index >= 15 is 0 Å². The quantitative estimate of drug-likeness (QED) is 0.448. The first kappa shape index (κ1) is 20.9. The third-order valence-corrected chi connectivity index (χ3v) is 6.42. The molecule has 0 radical (unpaired) electrons. The lowest BCUT2D eigenvalue weighted by molar-refractivity contribution is 0.0919. The van der Waals surface area contributed by atoms with Crippen molar-refractivity contribution in [2.45, 2.75) is 43.9 Å². The monoisotopic (exact) mass is 399 g/mol. The van der Waals surface area contributed by atoms with Crippen LogP contribution in [0.15, 0.2) is 38.8 Å². The molecule has 1 aromatic carbocycles. The lowest BCUT2D eigenvalue weighted by Gasteiger charge is -2.18. The summed E-state index contributed by atoms with van der Waals surface area (Å²) < 4.78 is 37.8. The molecule has 0 bridgehead atoms. The highest BCUT2D eigenvalue weighted by molar-refractivity contribution is 7.99. The molecule has 0 N–H and O–H groups in total. The highest BCUT2D eigenvalue weighted by Gasteiger charge is 2.22. The molecule has 26 heavy (non-hydrogen) atoms. The number of ether oxygens (including phenoxy) is 1. The van der Waals surface area contributed by atoms with E-state index in [1.165, 1.54) is 16.1 Å². The van der Waals surface area contributed by atoms with Gasteiger partial charge in [-0.2, -0.15) is 4.31 Å². The van der Waals surface area contributed by atoms with Crippen molar-refractivity contribution >= 4 is 21.8 Å². The molecule has 9 heteroatoms. The van der Waals surface area contributed by atoms with Crippen LogP contribution >= 0.6 is 11.8 Å². The van der Waals surface area contributed by atoms with Gasteiger partial charge in [-0.1, -0.05) is 31.7 Å².